The van der Waals surface area contributed by atoms with Gasteiger partial charge >= 0.3 is 0 Å². The number of amides is 1. The van der Waals surface area contributed by atoms with E-state index in [1.54, 1.807) is 19.1 Å². The minimum atomic E-state index is -0.616. The second kappa shape index (κ2) is 8.77. The smallest absolute Gasteiger partial charge is 0.274 e. The van der Waals surface area contributed by atoms with E-state index in [-0.39, 0.29) is 5.56 Å². The number of hydrogen-bond acceptors (Lipinski definition) is 5. The summed E-state index contributed by atoms with van der Waals surface area (Å²) in [5, 5.41) is 12.9. The maximum atomic E-state index is 12.6. The Bertz CT molecular complexity index is 1090. The molecular weight excluding hydrogens is 368 g/mol. The second-order valence-corrected chi connectivity index (χ2v) is 7.03. The number of pyridine rings is 1. The molecule has 7 heteroatoms. The molecule has 1 amide bonds. The number of rotatable bonds is 7. The fourth-order valence-electron chi connectivity index (χ4n) is 3.34. The van der Waals surface area contributed by atoms with Crippen molar-refractivity contribution >= 4 is 17.2 Å². The number of aryl methyl sites for hydroxylation is 2. The van der Waals surface area contributed by atoms with Gasteiger partial charge in [0, 0.05) is 31.5 Å². The monoisotopic (exact) mass is 394 g/mol. The minimum Gasteiger partial charge on any atom is -0.493 e. The van der Waals surface area contributed by atoms with Gasteiger partial charge in [-0.15, -0.1) is 0 Å². The van der Waals surface area contributed by atoms with Crippen LogP contribution in [0.5, 0.6) is 5.88 Å². The molecule has 0 aliphatic carbocycles. The topological polar surface area (TPSA) is 86.9 Å². The van der Waals surface area contributed by atoms with E-state index in [1.165, 1.54) is 16.2 Å². The van der Waals surface area contributed by atoms with Crippen LogP contribution < -0.4 is 15.8 Å². The largest absolute Gasteiger partial charge is 0.493 e. The molecule has 3 aromatic rings. The van der Waals surface area contributed by atoms with Crippen molar-refractivity contribution in [3.05, 3.63) is 69.6 Å². The molecule has 0 radical (unpaired) electrons. The van der Waals surface area contributed by atoms with Gasteiger partial charge in [0.25, 0.3) is 11.5 Å². The third kappa shape index (κ3) is 4.39. The van der Waals surface area contributed by atoms with Gasteiger partial charge in [0.2, 0.25) is 5.88 Å². The van der Waals surface area contributed by atoms with Crippen LogP contribution >= 0.6 is 0 Å². The zero-order valence-corrected chi connectivity index (χ0v) is 17.0. The molecule has 1 aromatic carbocycles. The van der Waals surface area contributed by atoms with Crippen molar-refractivity contribution in [2.24, 2.45) is 0 Å². The molecule has 152 valence electrons. The fraction of sp³-hybridized carbons (Fsp3) is 0.318. The lowest BCUT2D eigenvalue weighted by atomic mass is 10.2. The lowest BCUT2D eigenvalue weighted by molar-refractivity contribution is 0.0948. The maximum absolute atomic E-state index is 12.6. The Labute approximate surface area is 169 Å². The molecule has 2 heterocycles. The maximum Gasteiger partial charge on any atom is 0.274 e. The lowest BCUT2D eigenvalue weighted by Crippen LogP contribution is -2.34. The molecule has 0 unspecified atom stereocenters. The average Bonchev–Trinajstić information content (AvgIpc) is 2.69. The molecule has 2 N–H and O–H groups in total. The Hall–Kier alpha value is -3.35. The second-order valence-electron chi connectivity index (χ2n) is 7.03. The van der Waals surface area contributed by atoms with Gasteiger partial charge < -0.3 is 15.3 Å². The Morgan fingerprint density at radius 1 is 1.24 bits per heavy atom. The predicted molar refractivity (Wildman–Crippen MR) is 114 cm³/mol. The number of aromatic hydroxyl groups is 1. The van der Waals surface area contributed by atoms with E-state index in [9.17, 15) is 14.7 Å². The van der Waals surface area contributed by atoms with Crippen molar-refractivity contribution in [2.75, 3.05) is 24.5 Å². The molecule has 0 bridgehead atoms. The van der Waals surface area contributed by atoms with Gasteiger partial charge in [-0.25, -0.2) is 0 Å². The summed E-state index contributed by atoms with van der Waals surface area (Å²) < 4.78 is 1.28. The molecule has 0 aliphatic heterocycles. The van der Waals surface area contributed by atoms with Gasteiger partial charge in [-0.3, -0.25) is 14.0 Å². The fourth-order valence-corrected chi connectivity index (χ4v) is 3.34. The van der Waals surface area contributed by atoms with Crippen LogP contribution in [0.15, 0.2) is 47.4 Å². The summed E-state index contributed by atoms with van der Waals surface area (Å²) in [4.78, 5) is 31.4. The van der Waals surface area contributed by atoms with Crippen LogP contribution in [0, 0.1) is 13.8 Å². The SMILES string of the molecule is CCN(CCCNC(=O)c1c(O)nc2c(C)cccn2c1=O)c1cccc(C)c1. The van der Waals surface area contributed by atoms with E-state index >= 15 is 0 Å². The Morgan fingerprint density at radius 2 is 2.03 bits per heavy atom. The summed E-state index contributed by atoms with van der Waals surface area (Å²) in [6.45, 7) is 7.93. The predicted octanol–water partition coefficient (Wildman–Crippen LogP) is 2.66. The molecule has 0 saturated heterocycles. The number of nitrogens with zero attached hydrogens (tertiary/aromatic N) is 3. The lowest BCUT2D eigenvalue weighted by Gasteiger charge is -2.23. The van der Waals surface area contributed by atoms with Crippen LogP contribution in [-0.2, 0) is 0 Å². The van der Waals surface area contributed by atoms with E-state index < -0.39 is 17.3 Å². The van der Waals surface area contributed by atoms with Crippen molar-refractivity contribution in [1.29, 1.82) is 0 Å². The van der Waals surface area contributed by atoms with E-state index in [4.69, 9.17) is 0 Å². The van der Waals surface area contributed by atoms with E-state index in [0.29, 0.717) is 18.6 Å². The molecule has 0 aliphatic rings. The number of carbonyl (C=O) groups is 1. The molecule has 7 nitrogen and oxygen atoms in total. The molecule has 29 heavy (non-hydrogen) atoms. The third-order valence-electron chi connectivity index (χ3n) is 4.90. The number of aromatic nitrogens is 2. The summed E-state index contributed by atoms with van der Waals surface area (Å²) in [6, 6.07) is 11.8. The van der Waals surface area contributed by atoms with Crippen molar-refractivity contribution in [1.82, 2.24) is 14.7 Å². The van der Waals surface area contributed by atoms with Gasteiger partial charge in [0.15, 0.2) is 5.56 Å². The highest BCUT2D eigenvalue weighted by molar-refractivity contribution is 5.96. The minimum absolute atomic E-state index is 0.334. The number of carbonyl (C=O) groups excluding carboxylic acids is 1. The van der Waals surface area contributed by atoms with Crippen molar-refractivity contribution in [3.63, 3.8) is 0 Å². The highest BCUT2D eigenvalue weighted by Gasteiger charge is 2.20. The summed E-state index contributed by atoms with van der Waals surface area (Å²) >= 11 is 0. The van der Waals surface area contributed by atoms with Crippen LogP contribution in [0.3, 0.4) is 0 Å². The van der Waals surface area contributed by atoms with Crippen LogP contribution in [0.1, 0.15) is 34.8 Å². The van der Waals surface area contributed by atoms with Crippen LogP contribution in [0.2, 0.25) is 0 Å². The highest BCUT2D eigenvalue weighted by atomic mass is 16.3. The average molecular weight is 394 g/mol. The van der Waals surface area contributed by atoms with E-state index in [0.717, 1.165) is 24.3 Å². The normalized spacial score (nSPS) is 10.9. The van der Waals surface area contributed by atoms with E-state index in [1.807, 2.05) is 6.07 Å². The van der Waals surface area contributed by atoms with Crippen molar-refractivity contribution in [3.8, 4) is 5.88 Å². The first-order valence-corrected chi connectivity index (χ1v) is 9.73. The summed E-state index contributed by atoms with van der Waals surface area (Å²) in [5.74, 6) is -1.16. The molecule has 0 saturated carbocycles. The Balaban J connectivity index is 1.66. The molecule has 0 atom stereocenters. The number of hydrogen-bond donors (Lipinski definition) is 2. The molecule has 3 rings (SSSR count). The zero-order chi connectivity index (χ0) is 21.0. The van der Waals surface area contributed by atoms with Gasteiger partial charge in [-0.1, -0.05) is 18.2 Å². The summed E-state index contributed by atoms with van der Waals surface area (Å²) in [6.07, 6.45) is 2.24. The first-order valence-electron chi connectivity index (χ1n) is 9.73. The zero-order valence-electron chi connectivity index (χ0n) is 17.0. The summed E-state index contributed by atoms with van der Waals surface area (Å²) in [7, 11) is 0. The van der Waals surface area contributed by atoms with Crippen LogP contribution in [0.25, 0.3) is 5.65 Å². The highest BCUT2D eigenvalue weighted by Crippen LogP contribution is 2.16. The number of nitrogens with one attached hydrogen (secondary N) is 1. The quantitative estimate of drug-likeness (QED) is 0.602. The van der Waals surface area contributed by atoms with Crippen molar-refractivity contribution < 1.29 is 9.90 Å². The standard InChI is InChI=1S/C22H26N4O3/c1-4-25(17-10-5-8-15(2)14-17)12-7-11-23-20(27)18-21(28)24-19-16(3)9-6-13-26(19)22(18)29/h5-6,8-10,13-14,28H,4,7,11-12H2,1-3H3,(H,23,27). The molecule has 0 spiro atoms. The van der Waals surface area contributed by atoms with E-state index in [2.05, 4.69) is 47.2 Å². The summed E-state index contributed by atoms with van der Waals surface area (Å²) in [5.41, 5.74) is 2.50. The van der Waals surface area contributed by atoms with Crippen LogP contribution in [0.4, 0.5) is 5.69 Å². The van der Waals surface area contributed by atoms with Gasteiger partial charge in [-0.2, -0.15) is 4.98 Å². The number of benzene rings is 1. The van der Waals surface area contributed by atoms with Crippen LogP contribution in [-0.4, -0.2) is 40.0 Å². The van der Waals surface area contributed by atoms with Gasteiger partial charge in [0.05, 0.1) is 0 Å². The van der Waals surface area contributed by atoms with Crippen molar-refractivity contribution in [2.45, 2.75) is 27.2 Å². The number of fused-ring (bicyclic) bond motifs is 1. The first-order chi connectivity index (χ1) is 13.9. The number of anilines is 1. The van der Waals surface area contributed by atoms with Gasteiger partial charge in [-0.05, 0) is 56.5 Å². The molecule has 0 fully saturated rings. The Kier molecular flexibility index (Phi) is 6.16. The first kappa shape index (κ1) is 20.4. The molecular formula is C22H26N4O3. The Morgan fingerprint density at radius 3 is 2.76 bits per heavy atom. The third-order valence-corrected chi connectivity index (χ3v) is 4.90. The molecule has 2 aromatic heterocycles. The van der Waals surface area contributed by atoms with Gasteiger partial charge in [0.1, 0.15) is 5.65 Å².